The van der Waals surface area contributed by atoms with Crippen molar-refractivity contribution in [2.75, 3.05) is 14.1 Å². The van der Waals surface area contributed by atoms with Gasteiger partial charge in [0.15, 0.2) is 0 Å². The monoisotopic (exact) mass is 323 g/mol. The third-order valence-corrected chi connectivity index (χ3v) is 3.38. The molecular weight excluding hydrogens is 310 g/mol. The smallest absolute Gasteiger partial charge is 0.353 e. The number of carbonyl (C=O) groups is 1. The van der Waals surface area contributed by atoms with Gasteiger partial charge in [-0.25, -0.2) is 4.79 Å². The summed E-state index contributed by atoms with van der Waals surface area (Å²) in [7, 11) is 4.01. The lowest BCUT2D eigenvalue weighted by Crippen LogP contribution is -2.10. The van der Waals surface area contributed by atoms with E-state index in [1.54, 1.807) is 0 Å². The van der Waals surface area contributed by atoms with Crippen molar-refractivity contribution in [1.29, 1.82) is 0 Å². The van der Waals surface area contributed by atoms with Gasteiger partial charge in [0.1, 0.15) is 5.69 Å². The number of hydrogen-bond donors (Lipinski definition) is 2. The molecule has 100 valence electrons. The highest BCUT2D eigenvalue weighted by molar-refractivity contribution is 9.10. The number of halogens is 1. The van der Waals surface area contributed by atoms with Crippen LogP contribution in [0.2, 0.25) is 0 Å². The summed E-state index contributed by atoms with van der Waals surface area (Å²) in [5, 5.41) is 15.4. The van der Waals surface area contributed by atoms with Crippen molar-refractivity contribution in [2.45, 2.75) is 6.54 Å². The van der Waals surface area contributed by atoms with Crippen LogP contribution in [0.5, 0.6) is 0 Å². The Morgan fingerprint density at radius 1 is 1.42 bits per heavy atom. The first-order chi connectivity index (χ1) is 8.97. The van der Waals surface area contributed by atoms with Gasteiger partial charge < -0.3 is 10.0 Å². The second-order valence-corrected chi connectivity index (χ2v) is 5.37. The Morgan fingerprint density at radius 3 is 2.68 bits per heavy atom. The van der Waals surface area contributed by atoms with Crippen LogP contribution < -0.4 is 0 Å². The highest BCUT2D eigenvalue weighted by Gasteiger charge is 2.10. The van der Waals surface area contributed by atoms with Crippen LogP contribution >= 0.6 is 15.9 Å². The Bertz CT molecular complexity index is 608. The van der Waals surface area contributed by atoms with Crippen LogP contribution in [0.3, 0.4) is 0 Å². The van der Waals surface area contributed by atoms with Crippen molar-refractivity contribution in [3.8, 4) is 11.3 Å². The summed E-state index contributed by atoms with van der Waals surface area (Å²) >= 11 is 3.53. The van der Waals surface area contributed by atoms with E-state index >= 15 is 0 Å². The zero-order valence-electron chi connectivity index (χ0n) is 10.6. The molecule has 0 fully saturated rings. The number of nitrogens with zero attached hydrogens (tertiary/aromatic N) is 2. The number of benzene rings is 1. The lowest BCUT2D eigenvalue weighted by Gasteiger charge is -2.11. The molecular formula is C13H14BrN3O2. The second kappa shape index (κ2) is 5.54. The average molecular weight is 324 g/mol. The summed E-state index contributed by atoms with van der Waals surface area (Å²) in [5.74, 6) is -1.01. The Labute approximate surface area is 119 Å². The number of hydrogen-bond acceptors (Lipinski definition) is 3. The maximum absolute atomic E-state index is 10.8. The normalized spacial score (nSPS) is 10.9. The number of carboxylic acids is 1. The number of nitrogens with one attached hydrogen (secondary N) is 1. The summed E-state index contributed by atoms with van der Waals surface area (Å²) in [6.07, 6.45) is 0. The predicted octanol–water partition coefficient (Wildman–Crippen LogP) is 2.60. The Kier molecular flexibility index (Phi) is 4.01. The van der Waals surface area contributed by atoms with Crippen molar-refractivity contribution < 1.29 is 9.90 Å². The van der Waals surface area contributed by atoms with Crippen LogP contribution in [-0.4, -0.2) is 40.3 Å². The van der Waals surface area contributed by atoms with Gasteiger partial charge in [0.25, 0.3) is 0 Å². The second-order valence-electron chi connectivity index (χ2n) is 4.52. The van der Waals surface area contributed by atoms with Crippen LogP contribution in [0.4, 0.5) is 0 Å². The van der Waals surface area contributed by atoms with E-state index in [2.05, 4.69) is 31.0 Å². The molecule has 6 heteroatoms. The molecule has 0 bridgehead atoms. The predicted molar refractivity (Wildman–Crippen MR) is 76.1 cm³/mol. The molecule has 2 aromatic rings. The van der Waals surface area contributed by atoms with Gasteiger partial charge in [0.05, 0.1) is 5.69 Å². The van der Waals surface area contributed by atoms with Gasteiger partial charge >= 0.3 is 5.97 Å². The zero-order valence-corrected chi connectivity index (χ0v) is 12.2. The Morgan fingerprint density at radius 2 is 2.16 bits per heavy atom. The largest absolute Gasteiger partial charge is 0.477 e. The molecule has 0 spiro atoms. The molecule has 0 radical (unpaired) electrons. The first-order valence-electron chi connectivity index (χ1n) is 5.69. The number of aromatic amines is 1. The maximum atomic E-state index is 10.8. The standard InChI is InChI=1S/C13H14BrN3O2/c1-17(2)7-9-4-3-8(5-10(9)14)11-6-12(13(18)19)16-15-11/h3-6H,7H2,1-2H3,(H,15,16)(H,18,19). The molecule has 2 rings (SSSR count). The molecule has 0 saturated carbocycles. The number of rotatable bonds is 4. The Hall–Kier alpha value is -1.66. The summed E-state index contributed by atoms with van der Waals surface area (Å²) in [4.78, 5) is 12.9. The van der Waals surface area contributed by atoms with E-state index in [0.717, 1.165) is 16.6 Å². The lowest BCUT2D eigenvalue weighted by atomic mass is 10.1. The van der Waals surface area contributed by atoms with Crippen LogP contribution in [0.15, 0.2) is 28.7 Å². The fraction of sp³-hybridized carbons (Fsp3) is 0.231. The van der Waals surface area contributed by atoms with E-state index in [-0.39, 0.29) is 5.69 Å². The van der Waals surface area contributed by atoms with Gasteiger partial charge in [-0.05, 0) is 31.8 Å². The molecule has 1 aromatic carbocycles. The van der Waals surface area contributed by atoms with Crippen molar-refractivity contribution in [3.63, 3.8) is 0 Å². The van der Waals surface area contributed by atoms with E-state index in [1.165, 1.54) is 11.6 Å². The molecule has 0 aliphatic heterocycles. The summed E-state index contributed by atoms with van der Waals surface area (Å²) in [6.45, 7) is 0.835. The van der Waals surface area contributed by atoms with Gasteiger partial charge in [-0.2, -0.15) is 5.10 Å². The summed E-state index contributed by atoms with van der Waals surface area (Å²) in [5.41, 5.74) is 2.75. The molecule has 0 aliphatic carbocycles. The number of H-pyrrole nitrogens is 1. The van der Waals surface area contributed by atoms with E-state index < -0.39 is 5.97 Å². The van der Waals surface area contributed by atoms with Crippen molar-refractivity contribution >= 4 is 21.9 Å². The van der Waals surface area contributed by atoms with Crippen LogP contribution in [0.1, 0.15) is 16.1 Å². The minimum Gasteiger partial charge on any atom is -0.477 e. The molecule has 0 aliphatic rings. The fourth-order valence-electron chi connectivity index (χ4n) is 1.75. The first-order valence-corrected chi connectivity index (χ1v) is 6.49. The van der Waals surface area contributed by atoms with E-state index in [1.807, 2.05) is 32.3 Å². The molecule has 1 aromatic heterocycles. The minimum atomic E-state index is -1.01. The highest BCUT2D eigenvalue weighted by Crippen LogP contribution is 2.25. The van der Waals surface area contributed by atoms with Gasteiger partial charge in [-0.3, -0.25) is 5.10 Å². The SMILES string of the molecule is CN(C)Cc1ccc(-c2cc(C(=O)O)[nH]n2)cc1Br. The maximum Gasteiger partial charge on any atom is 0.353 e. The Balaban J connectivity index is 2.30. The van der Waals surface area contributed by atoms with Gasteiger partial charge in [-0.1, -0.05) is 28.1 Å². The molecule has 1 heterocycles. The summed E-state index contributed by atoms with van der Waals surface area (Å²) in [6, 6.07) is 7.41. The molecule has 19 heavy (non-hydrogen) atoms. The summed E-state index contributed by atoms with van der Waals surface area (Å²) < 4.78 is 0.985. The van der Waals surface area contributed by atoms with Gasteiger partial charge in [0, 0.05) is 16.6 Å². The van der Waals surface area contributed by atoms with Crippen molar-refractivity contribution in [3.05, 3.63) is 40.0 Å². The molecule has 2 N–H and O–H groups in total. The molecule has 0 atom stereocenters. The van der Waals surface area contributed by atoms with Crippen LogP contribution in [-0.2, 0) is 6.54 Å². The minimum absolute atomic E-state index is 0.0866. The topological polar surface area (TPSA) is 69.2 Å². The number of carboxylic acid groups (broad SMARTS) is 1. The first kappa shape index (κ1) is 13.8. The van der Waals surface area contributed by atoms with Crippen LogP contribution in [0.25, 0.3) is 11.3 Å². The van der Waals surface area contributed by atoms with E-state index in [9.17, 15) is 4.79 Å². The van der Waals surface area contributed by atoms with Gasteiger partial charge in [0.2, 0.25) is 0 Å². The van der Waals surface area contributed by atoms with Crippen molar-refractivity contribution in [2.24, 2.45) is 0 Å². The van der Waals surface area contributed by atoms with Crippen LogP contribution in [0, 0.1) is 0 Å². The highest BCUT2D eigenvalue weighted by atomic mass is 79.9. The fourth-order valence-corrected chi connectivity index (χ4v) is 2.26. The number of aromatic carboxylic acids is 1. The third-order valence-electron chi connectivity index (χ3n) is 2.64. The average Bonchev–Trinajstić information content (AvgIpc) is 2.80. The number of aromatic nitrogens is 2. The molecule has 0 amide bonds. The van der Waals surface area contributed by atoms with E-state index in [0.29, 0.717) is 5.69 Å². The van der Waals surface area contributed by atoms with Crippen molar-refractivity contribution in [1.82, 2.24) is 15.1 Å². The van der Waals surface area contributed by atoms with E-state index in [4.69, 9.17) is 5.11 Å². The zero-order chi connectivity index (χ0) is 14.0. The lowest BCUT2D eigenvalue weighted by molar-refractivity contribution is 0.0690. The molecule has 0 unspecified atom stereocenters. The third kappa shape index (κ3) is 3.21. The molecule has 0 saturated heterocycles. The quantitative estimate of drug-likeness (QED) is 0.907. The van der Waals surface area contributed by atoms with Gasteiger partial charge in [-0.15, -0.1) is 0 Å². The molecule has 5 nitrogen and oxygen atoms in total.